The van der Waals surface area contributed by atoms with E-state index in [1.165, 1.54) is 37.6 Å². The van der Waals surface area contributed by atoms with Crippen LogP contribution in [0.5, 0.6) is 11.5 Å². The molecular weight excluding hydrogens is 623 g/mol. The van der Waals surface area contributed by atoms with Crippen LogP contribution in [0.15, 0.2) is 88.8 Å². The van der Waals surface area contributed by atoms with Crippen LogP contribution in [0.1, 0.15) is 18.1 Å². The minimum atomic E-state index is -4.00. The number of phenols is 1. The second-order valence-corrected chi connectivity index (χ2v) is 14.0. The average Bonchev–Trinajstić information content (AvgIpc) is 2.97. The predicted molar refractivity (Wildman–Crippen MR) is 163 cm³/mol. The molecule has 13 heteroatoms. The van der Waals surface area contributed by atoms with E-state index in [2.05, 4.69) is 11.6 Å². The van der Waals surface area contributed by atoms with Gasteiger partial charge in [0, 0.05) is 27.6 Å². The maximum Gasteiger partial charge on any atom is 0.333 e. The van der Waals surface area contributed by atoms with E-state index in [1.807, 2.05) is 0 Å². The zero-order chi connectivity index (χ0) is 30.6. The molecule has 9 nitrogen and oxygen atoms in total. The maximum atomic E-state index is 13.5. The first-order valence-electron chi connectivity index (χ1n) is 12.4. The van der Waals surface area contributed by atoms with Crippen molar-refractivity contribution < 1.29 is 32.6 Å². The number of aliphatic imine (C=N–C) groups is 1. The van der Waals surface area contributed by atoms with Crippen molar-refractivity contribution in [1.29, 1.82) is 0 Å². The van der Waals surface area contributed by atoms with Crippen LogP contribution in [-0.4, -0.2) is 61.1 Å². The number of amides is 1. The Bertz CT molecular complexity index is 1630. The number of halogens is 2. The summed E-state index contributed by atoms with van der Waals surface area (Å²) in [7, 11) is -1.99. The van der Waals surface area contributed by atoms with Crippen molar-refractivity contribution in [3.8, 4) is 11.5 Å². The number of likely N-dealkylation sites (tertiary alicyclic amines) is 1. The fourth-order valence-corrected chi connectivity index (χ4v) is 8.13. The van der Waals surface area contributed by atoms with Crippen molar-refractivity contribution in [3.05, 3.63) is 100 Å². The van der Waals surface area contributed by atoms with Gasteiger partial charge in [0.2, 0.25) is 8.87 Å². The molecule has 1 N–H and O–H groups in total. The average molecular weight is 650 g/mol. The number of phenolic OH excluding ortho intramolecular Hbond substituents is 1. The van der Waals surface area contributed by atoms with Crippen molar-refractivity contribution in [1.82, 2.24) is 4.90 Å². The van der Waals surface area contributed by atoms with Crippen LogP contribution in [0, 0.1) is 0 Å². The first-order chi connectivity index (χ1) is 19.9. The van der Waals surface area contributed by atoms with Crippen LogP contribution < -0.4 is 4.74 Å². The first-order valence-corrected chi connectivity index (χ1v) is 16.0. The highest BCUT2D eigenvalue weighted by Crippen LogP contribution is 2.41. The van der Waals surface area contributed by atoms with Gasteiger partial charge in [-0.15, -0.1) is 0 Å². The molecule has 3 aromatic carbocycles. The highest BCUT2D eigenvalue weighted by atomic mass is 35.5. The molecule has 1 heterocycles. The summed E-state index contributed by atoms with van der Waals surface area (Å²) in [6.45, 7) is 5.31. The van der Waals surface area contributed by atoms with Crippen LogP contribution in [0.3, 0.4) is 0 Å². The van der Waals surface area contributed by atoms with Gasteiger partial charge in [-0.3, -0.25) is 9.79 Å². The van der Waals surface area contributed by atoms with E-state index in [-0.39, 0.29) is 38.4 Å². The second-order valence-electron chi connectivity index (χ2n) is 9.25. The number of aromatic hydroxyl groups is 1. The van der Waals surface area contributed by atoms with E-state index in [0.717, 1.165) is 4.90 Å². The fourth-order valence-electron chi connectivity index (χ4n) is 4.11. The number of esters is 1. The Morgan fingerprint density at radius 2 is 1.83 bits per heavy atom. The Balaban J connectivity index is 1.63. The Morgan fingerprint density at radius 3 is 2.45 bits per heavy atom. The lowest BCUT2D eigenvalue weighted by molar-refractivity contribution is -0.161. The zero-order valence-electron chi connectivity index (χ0n) is 22.4. The Kier molecular flexibility index (Phi) is 9.88. The Labute approximate surface area is 257 Å². The summed E-state index contributed by atoms with van der Waals surface area (Å²) in [5.74, 6) is -1.09. The van der Waals surface area contributed by atoms with E-state index < -0.39 is 38.2 Å². The molecule has 1 aliphatic rings. The number of benzene rings is 3. The van der Waals surface area contributed by atoms with E-state index >= 15 is 0 Å². The molecule has 0 saturated carbocycles. The lowest BCUT2D eigenvalue weighted by Gasteiger charge is -2.47. The summed E-state index contributed by atoms with van der Waals surface area (Å²) in [5, 5.41) is 9.37. The van der Waals surface area contributed by atoms with Gasteiger partial charge in [0.25, 0.3) is 5.91 Å². The van der Waals surface area contributed by atoms with Gasteiger partial charge >= 0.3 is 5.97 Å². The molecule has 3 aromatic rings. The topological polar surface area (TPSA) is 123 Å². The van der Waals surface area contributed by atoms with Crippen LogP contribution in [0.4, 0.5) is 0 Å². The lowest BCUT2D eigenvalue weighted by atomic mass is 9.99. The minimum Gasteiger partial charge on any atom is -0.506 e. The third-order valence-corrected chi connectivity index (χ3v) is 10.5. The number of hydrogen-bond donors (Lipinski definition) is 1. The molecule has 220 valence electrons. The smallest absolute Gasteiger partial charge is 0.333 e. The predicted octanol–water partition coefficient (Wildman–Crippen LogP) is 5.47. The van der Waals surface area contributed by atoms with Gasteiger partial charge < -0.3 is 19.5 Å². The van der Waals surface area contributed by atoms with Gasteiger partial charge in [-0.25, -0.2) is 13.2 Å². The van der Waals surface area contributed by atoms with Gasteiger partial charge in [-0.1, -0.05) is 60.1 Å². The van der Waals surface area contributed by atoms with Crippen molar-refractivity contribution in [2.45, 2.75) is 35.9 Å². The quantitative estimate of drug-likeness (QED) is 0.0954. The molecule has 1 fully saturated rings. The summed E-state index contributed by atoms with van der Waals surface area (Å²) in [5.41, 5.74) is 1.08. The fraction of sp³-hybridized carbons (Fsp3) is 0.207. The van der Waals surface area contributed by atoms with Crippen molar-refractivity contribution >= 4 is 61.0 Å². The molecular formula is C29H26Cl2N2O7S2. The molecule has 0 radical (unpaired) electrons. The minimum absolute atomic E-state index is 0.0188. The highest BCUT2D eigenvalue weighted by Gasteiger charge is 2.55. The number of carbonyl (C=O) groups is 2. The van der Waals surface area contributed by atoms with Gasteiger partial charge in [-0.05, 0) is 54.5 Å². The van der Waals surface area contributed by atoms with Crippen molar-refractivity contribution in [3.63, 3.8) is 0 Å². The Hall–Kier alpha value is -3.51. The van der Waals surface area contributed by atoms with Crippen LogP contribution >= 0.6 is 34.0 Å². The molecule has 0 spiro atoms. The molecule has 0 aromatic heterocycles. The molecule has 1 amide bonds. The summed E-state index contributed by atoms with van der Waals surface area (Å²) < 4.78 is 37.3. The number of rotatable bonds is 11. The number of ether oxygens (including phenoxy) is 2. The van der Waals surface area contributed by atoms with Crippen molar-refractivity contribution in [2.24, 2.45) is 4.99 Å². The van der Waals surface area contributed by atoms with E-state index in [1.54, 1.807) is 49.4 Å². The summed E-state index contributed by atoms with van der Waals surface area (Å²) in [6.07, 6.45) is 1.19. The van der Waals surface area contributed by atoms with Crippen LogP contribution in [-0.2, 0) is 29.8 Å². The van der Waals surface area contributed by atoms with Gasteiger partial charge in [0.1, 0.15) is 23.5 Å². The molecule has 3 unspecified atom stereocenters. The SMILES string of the molecule is C=C(C)C(C(=O)OCc1ccc(OC)cc1)N1C(=O)C(N=Cc2cc(Cl)cc(Cl)c2O)C1SS(=O)(=O)c1ccccc1. The normalized spacial score (nSPS) is 17.5. The van der Waals surface area contributed by atoms with Gasteiger partial charge in [0.05, 0.1) is 17.0 Å². The number of hydrogen-bond acceptors (Lipinski definition) is 9. The highest BCUT2D eigenvalue weighted by molar-refractivity contribution is 8.72. The zero-order valence-corrected chi connectivity index (χ0v) is 25.6. The van der Waals surface area contributed by atoms with Crippen LogP contribution in [0.2, 0.25) is 10.0 Å². The number of nitrogens with zero attached hydrogens (tertiary/aromatic N) is 2. The molecule has 1 saturated heterocycles. The first kappa shape index (κ1) is 31.4. The van der Waals surface area contributed by atoms with E-state index in [9.17, 15) is 23.1 Å². The van der Waals surface area contributed by atoms with Gasteiger partial charge in [0.15, 0.2) is 12.1 Å². The lowest BCUT2D eigenvalue weighted by Crippen LogP contribution is -2.67. The number of methoxy groups -OCH3 is 1. The number of β-lactam (4-membered cyclic amide) rings is 1. The third kappa shape index (κ3) is 6.92. The molecule has 4 rings (SSSR count). The third-order valence-electron chi connectivity index (χ3n) is 6.25. The van der Waals surface area contributed by atoms with E-state index in [4.69, 9.17) is 32.7 Å². The molecule has 3 atom stereocenters. The summed E-state index contributed by atoms with van der Waals surface area (Å²) in [4.78, 5) is 32.1. The Morgan fingerprint density at radius 1 is 1.17 bits per heavy atom. The summed E-state index contributed by atoms with van der Waals surface area (Å²) >= 11 is 12.0. The van der Waals surface area contributed by atoms with Crippen LogP contribution in [0.25, 0.3) is 0 Å². The number of carbonyl (C=O) groups excluding carboxylic acids is 2. The molecule has 42 heavy (non-hydrogen) atoms. The largest absolute Gasteiger partial charge is 0.506 e. The maximum absolute atomic E-state index is 13.5. The standard InChI is InChI=1S/C29H26Cl2N2O7S2/c1-17(2)25(29(36)40-16-18-9-11-21(39-3)12-10-18)33-27(35)24(32-15-19-13-20(30)14-23(31)26(19)34)28(33)41-42(37,38)22-7-5-4-6-8-22/h4-15,24-25,28,34H,1,16H2,2-3H3. The van der Waals surface area contributed by atoms with Crippen molar-refractivity contribution in [2.75, 3.05) is 7.11 Å². The molecule has 1 aliphatic heterocycles. The molecule has 0 bridgehead atoms. The molecule has 0 aliphatic carbocycles. The van der Waals surface area contributed by atoms with Gasteiger partial charge in [-0.2, -0.15) is 0 Å². The second kappa shape index (κ2) is 13.2. The van der Waals surface area contributed by atoms with E-state index in [0.29, 0.717) is 22.1 Å². The monoisotopic (exact) mass is 648 g/mol. The summed E-state index contributed by atoms with van der Waals surface area (Å²) in [6, 6.07) is 14.8.